The minimum absolute atomic E-state index is 0.165. The molecule has 0 amide bonds. The van der Waals surface area contributed by atoms with Crippen molar-refractivity contribution in [3.8, 4) is 0 Å². The fourth-order valence-electron chi connectivity index (χ4n) is 1.65. The second-order valence-electron chi connectivity index (χ2n) is 4.03. The summed E-state index contributed by atoms with van der Waals surface area (Å²) in [5.41, 5.74) is 1.20. The molecule has 1 aromatic carbocycles. The summed E-state index contributed by atoms with van der Waals surface area (Å²) in [4.78, 5) is 0. The Bertz CT molecular complexity index is 478. The molecule has 5 heteroatoms. The molecule has 1 atom stereocenters. The van der Waals surface area contributed by atoms with Crippen molar-refractivity contribution in [2.45, 2.75) is 19.5 Å². The first-order chi connectivity index (χ1) is 8.16. The summed E-state index contributed by atoms with van der Waals surface area (Å²) < 4.78 is 1.92. The molecule has 1 heterocycles. The van der Waals surface area contributed by atoms with Gasteiger partial charge in [0.25, 0.3) is 0 Å². The fraction of sp³-hybridized carbons (Fsp3) is 0.333. The maximum atomic E-state index is 5.83. The average Bonchev–Trinajstić information content (AvgIpc) is 2.74. The van der Waals surface area contributed by atoms with E-state index in [9.17, 15) is 0 Å². The Morgan fingerprint density at radius 3 is 2.65 bits per heavy atom. The third-order valence-electron chi connectivity index (χ3n) is 2.66. The molecule has 0 bridgehead atoms. The lowest BCUT2D eigenvalue weighted by atomic mass is 10.2. The van der Waals surface area contributed by atoms with Crippen molar-refractivity contribution in [3.05, 3.63) is 47.0 Å². The van der Waals surface area contributed by atoms with E-state index >= 15 is 0 Å². The number of hydrogen-bond acceptors (Lipinski definition) is 3. The number of nitrogens with zero attached hydrogens (tertiary/aromatic N) is 3. The number of benzene rings is 1. The maximum absolute atomic E-state index is 5.83. The summed E-state index contributed by atoms with van der Waals surface area (Å²) in [5.74, 6) is 0.930. The molecule has 0 fully saturated rings. The molecule has 2 aromatic rings. The molecule has 0 aliphatic carbocycles. The zero-order chi connectivity index (χ0) is 12.3. The van der Waals surface area contributed by atoms with Gasteiger partial charge in [0.1, 0.15) is 12.2 Å². The van der Waals surface area contributed by atoms with Gasteiger partial charge >= 0.3 is 0 Å². The van der Waals surface area contributed by atoms with Gasteiger partial charge in [0.2, 0.25) is 0 Å². The van der Waals surface area contributed by atoms with Crippen molar-refractivity contribution < 1.29 is 0 Å². The van der Waals surface area contributed by atoms with Crippen molar-refractivity contribution >= 4 is 11.6 Å². The summed E-state index contributed by atoms with van der Waals surface area (Å²) in [6, 6.07) is 7.98. The van der Waals surface area contributed by atoms with Crippen LogP contribution in [0.25, 0.3) is 0 Å². The van der Waals surface area contributed by atoms with E-state index in [4.69, 9.17) is 11.6 Å². The van der Waals surface area contributed by atoms with Crippen LogP contribution in [0.5, 0.6) is 0 Å². The van der Waals surface area contributed by atoms with Crippen molar-refractivity contribution in [2.75, 3.05) is 0 Å². The van der Waals surface area contributed by atoms with Crippen LogP contribution >= 0.6 is 11.6 Å². The minimum Gasteiger partial charge on any atom is -0.319 e. The highest BCUT2D eigenvalue weighted by molar-refractivity contribution is 6.30. The standard InChI is InChI=1S/C12H15ClN4/c1-9(12-16-15-8-17(12)2)14-7-10-3-5-11(13)6-4-10/h3-6,8-9,14H,7H2,1-2H3. The quantitative estimate of drug-likeness (QED) is 0.906. The van der Waals surface area contributed by atoms with E-state index in [0.717, 1.165) is 17.4 Å². The number of aromatic nitrogens is 3. The Kier molecular flexibility index (Phi) is 3.76. The highest BCUT2D eigenvalue weighted by Gasteiger charge is 2.10. The molecule has 0 saturated carbocycles. The predicted molar refractivity (Wildman–Crippen MR) is 67.7 cm³/mol. The molecule has 0 saturated heterocycles. The fourth-order valence-corrected chi connectivity index (χ4v) is 1.77. The van der Waals surface area contributed by atoms with Crippen molar-refractivity contribution in [2.24, 2.45) is 7.05 Å². The van der Waals surface area contributed by atoms with Crippen LogP contribution in [0.15, 0.2) is 30.6 Å². The van der Waals surface area contributed by atoms with Crippen LogP contribution in [0.2, 0.25) is 5.02 Å². The van der Waals surface area contributed by atoms with Gasteiger partial charge in [-0.05, 0) is 24.6 Å². The molecular weight excluding hydrogens is 236 g/mol. The van der Waals surface area contributed by atoms with E-state index in [0.29, 0.717) is 0 Å². The van der Waals surface area contributed by atoms with E-state index in [1.54, 1.807) is 6.33 Å². The molecule has 1 N–H and O–H groups in total. The highest BCUT2D eigenvalue weighted by Crippen LogP contribution is 2.12. The van der Waals surface area contributed by atoms with Crippen LogP contribution < -0.4 is 5.32 Å². The van der Waals surface area contributed by atoms with E-state index < -0.39 is 0 Å². The first kappa shape index (κ1) is 12.1. The summed E-state index contributed by atoms with van der Waals surface area (Å²) in [5, 5.41) is 12.1. The first-order valence-electron chi connectivity index (χ1n) is 5.48. The molecule has 90 valence electrons. The van der Waals surface area contributed by atoms with E-state index in [1.165, 1.54) is 5.56 Å². The van der Waals surface area contributed by atoms with Crippen LogP contribution in [-0.4, -0.2) is 14.8 Å². The minimum atomic E-state index is 0.165. The van der Waals surface area contributed by atoms with Gasteiger partial charge in [-0.3, -0.25) is 0 Å². The molecule has 0 spiro atoms. The lowest BCUT2D eigenvalue weighted by molar-refractivity contribution is 0.528. The van der Waals surface area contributed by atoms with Crippen LogP contribution in [-0.2, 0) is 13.6 Å². The summed E-state index contributed by atoms with van der Waals surface area (Å²) in [6.07, 6.45) is 1.70. The normalized spacial score (nSPS) is 12.6. The lowest BCUT2D eigenvalue weighted by Crippen LogP contribution is -2.21. The van der Waals surface area contributed by atoms with Crippen molar-refractivity contribution in [1.82, 2.24) is 20.1 Å². The summed E-state index contributed by atoms with van der Waals surface area (Å²) in [6.45, 7) is 2.85. The third-order valence-corrected chi connectivity index (χ3v) is 2.91. The van der Waals surface area contributed by atoms with Gasteiger partial charge in [-0.25, -0.2) is 0 Å². The molecule has 4 nitrogen and oxygen atoms in total. The van der Waals surface area contributed by atoms with Crippen molar-refractivity contribution in [3.63, 3.8) is 0 Å². The SMILES string of the molecule is CC(NCc1ccc(Cl)cc1)c1nncn1C. The van der Waals surface area contributed by atoms with E-state index in [2.05, 4.69) is 22.4 Å². The van der Waals surface area contributed by atoms with Crippen molar-refractivity contribution in [1.29, 1.82) is 0 Å². The number of halogens is 1. The van der Waals surface area contributed by atoms with Gasteiger partial charge in [-0.15, -0.1) is 10.2 Å². The van der Waals surface area contributed by atoms with E-state index in [1.807, 2.05) is 35.9 Å². The lowest BCUT2D eigenvalue weighted by Gasteiger charge is -2.12. The van der Waals surface area contributed by atoms with Gasteiger partial charge < -0.3 is 9.88 Å². The molecular formula is C12H15ClN4. The molecule has 0 radical (unpaired) electrons. The Hall–Kier alpha value is -1.39. The zero-order valence-electron chi connectivity index (χ0n) is 9.89. The molecule has 2 rings (SSSR count). The average molecular weight is 251 g/mol. The van der Waals surface area contributed by atoms with Gasteiger partial charge in [-0.1, -0.05) is 23.7 Å². The van der Waals surface area contributed by atoms with Gasteiger partial charge in [-0.2, -0.15) is 0 Å². The Morgan fingerprint density at radius 1 is 1.35 bits per heavy atom. The molecule has 0 aliphatic heterocycles. The Balaban J connectivity index is 1.94. The number of aryl methyl sites for hydroxylation is 1. The monoisotopic (exact) mass is 250 g/mol. The maximum Gasteiger partial charge on any atom is 0.149 e. The smallest absolute Gasteiger partial charge is 0.149 e. The van der Waals surface area contributed by atoms with E-state index in [-0.39, 0.29) is 6.04 Å². The molecule has 1 aromatic heterocycles. The summed E-state index contributed by atoms with van der Waals surface area (Å²) in [7, 11) is 1.94. The second-order valence-corrected chi connectivity index (χ2v) is 4.47. The zero-order valence-corrected chi connectivity index (χ0v) is 10.6. The number of hydrogen-bond donors (Lipinski definition) is 1. The summed E-state index contributed by atoms with van der Waals surface area (Å²) >= 11 is 5.83. The van der Waals surface area contributed by atoms with Crippen LogP contribution in [0, 0.1) is 0 Å². The molecule has 17 heavy (non-hydrogen) atoms. The van der Waals surface area contributed by atoms with Gasteiger partial charge in [0, 0.05) is 18.6 Å². The molecule has 1 unspecified atom stereocenters. The second kappa shape index (κ2) is 5.29. The number of nitrogens with one attached hydrogen (secondary N) is 1. The van der Waals surface area contributed by atoms with Crippen LogP contribution in [0.3, 0.4) is 0 Å². The first-order valence-corrected chi connectivity index (χ1v) is 5.86. The topological polar surface area (TPSA) is 42.7 Å². The Labute approximate surface area is 106 Å². The largest absolute Gasteiger partial charge is 0.319 e. The number of rotatable bonds is 4. The molecule has 0 aliphatic rings. The van der Waals surface area contributed by atoms with Crippen LogP contribution in [0.1, 0.15) is 24.4 Å². The van der Waals surface area contributed by atoms with Crippen LogP contribution in [0.4, 0.5) is 0 Å². The Morgan fingerprint density at radius 2 is 2.06 bits per heavy atom. The van der Waals surface area contributed by atoms with Gasteiger partial charge in [0.15, 0.2) is 0 Å². The third kappa shape index (κ3) is 3.05. The predicted octanol–water partition coefficient (Wildman–Crippen LogP) is 2.32. The highest BCUT2D eigenvalue weighted by atomic mass is 35.5. The van der Waals surface area contributed by atoms with Gasteiger partial charge in [0.05, 0.1) is 6.04 Å².